The second-order valence-corrected chi connectivity index (χ2v) is 4.57. The molecule has 1 aromatic rings. The van der Waals surface area contributed by atoms with Crippen LogP contribution in [0.5, 0.6) is 0 Å². The maximum absolute atomic E-state index is 11.9. The molecule has 0 saturated carbocycles. The van der Waals surface area contributed by atoms with E-state index in [1.165, 1.54) is 0 Å². The van der Waals surface area contributed by atoms with Gasteiger partial charge < -0.3 is 9.47 Å². The van der Waals surface area contributed by atoms with Crippen LogP contribution >= 0.6 is 11.6 Å². The lowest BCUT2D eigenvalue weighted by Gasteiger charge is -2.16. The minimum Gasteiger partial charge on any atom is -0.456 e. The van der Waals surface area contributed by atoms with E-state index in [2.05, 4.69) is 6.92 Å². The number of unbranched alkanes of at least 4 members (excludes halogenated alkanes) is 1. The van der Waals surface area contributed by atoms with Crippen molar-refractivity contribution in [1.82, 2.24) is 0 Å². The maximum atomic E-state index is 11.9. The van der Waals surface area contributed by atoms with E-state index in [0.29, 0.717) is 17.2 Å². The summed E-state index contributed by atoms with van der Waals surface area (Å²) < 4.78 is 10.5. The van der Waals surface area contributed by atoms with Gasteiger partial charge >= 0.3 is 5.97 Å². The second-order valence-electron chi connectivity index (χ2n) is 4.13. The number of hydrogen-bond donors (Lipinski definition) is 0. The van der Waals surface area contributed by atoms with Gasteiger partial charge in [-0.15, -0.1) is 0 Å². The number of hydrogen-bond acceptors (Lipinski definition) is 3. The van der Waals surface area contributed by atoms with E-state index in [4.69, 9.17) is 21.1 Å². The minimum absolute atomic E-state index is 0.182. The smallest absolute Gasteiger partial charge is 0.338 e. The van der Waals surface area contributed by atoms with Gasteiger partial charge in [-0.2, -0.15) is 0 Å². The number of ether oxygens (including phenoxy) is 2. The summed E-state index contributed by atoms with van der Waals surface area (Å²) in [5.41, 5.74) is 0.511. The first-order valence-corrected chi connectivity index (χ1v) is 6.50. The fourth-order valence-corrected chi connectivity index (χ4v) is 1.73. The SMILES string of the molecule is CCCCC(COC)OC(=O)c1ccc(Cl)cc1. The fraction of sp³-hybridized carbons (Fsp3) is 0.500. The third-order valence-electron chi connectivity index (χ3n) is 2.59. The van der Waals surface area contributed by atoms with Crippen LogP contribution in [0, 0.1) is 0 Å². The third-order valence-corrected chi connectivity index (χ3v) is 2.84. The van der Waals surface area contributed by atoms with Crippen molar-refractivity contribution in [2.45, 2.75) is 32.3 Å². The average molecular weight is 271 g/mol. The number of esters is 1. The standard InChI is InChI=1S/C14H19ClO3/c1-3-4-5-13(10-17-2)18-14(16)11-6-8-12(15)9-7-11/h6-9,13H,3-5,10H2,1-2H3. The summed E-state index contributed by atoms with van der Waals surface area (Å²) in [5, 5.41) is 0.603. The summed E-state index contributed by atoms with van der Waals surface area (Å²) in [6, 6.07) is 6.67. The Morgan fingerprint density at radius 3 is 2.56 bits per heavy atom. The molecule has 1 aromatic carbocycles. The van der Waals surface area contributed by atoms with Gasteiger partial charge in [-0.25, -0.2) is 4.79 Å². The van der Waals surface area contributed by atoms with Gasteiger partial charge in [0.1, 0.15) is 6.10 Å². The maximum Gasteiger partial charge on any atom is 0.338 e. The summed E-state index contributed by atoms with van der Waals surface area (Å²) in [7, 11) is 1.61. The summed E-state index contributed by atoms with van der Waals surface area (Å²) in [6.45, 7) is 2.53. The molecule has 0 aliphatic rings. The minimum atomic E-state index is -0.329. The lowest BCUT2D eigenvalue weighted by molar-refractivity contribution is 0.00252. The van der Waals surface area contributed by atoms with Crippen LogP contribution in [0.1, 0.15) is 36.5 Å². The number of carbonyl (C=O) groups excluding carboxylic acids is 1. The Labute approximate surface area is 113 Å². The van der Waals surface area contributed by atoms with Crippen LogP contribution in [0.3, 0.4) is 0 Å². The van der Waals surface area contributed by atoms with Gasteiger partial charge in [0, 0.05) is 12.1 Å². The van der Waals surface area contributed by atoms with Crippen LogP contribution in [0.2, 0.25) is 5.02 Å². The molecule has 0 amide bonds. The van der Waals surface area contributed by atoms with Crippen molar-refractivity contribution in [3.05, 3.63) is 34.9 Å². The molecule has 1 unspecified atom stereocenters. The van der Waals surface area contributed by atoms with Gasteiger partial charge in [-0.3, -0.25) is 0 Å². The third kappa shape index (κ3) is 5.07. The number of methoxy groups -OCH3 is 1. The van der Waals surface area contributed by atoms with Gasteiger partial charge in [-0.05, 0) is 37.1 Å². The van der Waals surface area contributed by atoms with Gasteiger partial charge in [0.25, 0.3) is 0 Å². The van der Waals surface area contributed by atoms with Crippen molar-refractivity contribution in [1.29, 1.82) is 0 Å². The van der Waals surface area contributed by atoms with Crippen molar-refractivity contribution in [3.8, 4) is 0 Å². The van der Waals surface area contributed by atoms with Crippen LogP contribution in [-0.4, -0.2) is 25.8 Å². The first kappa shape index (κ1) is 15.0. The fourth-order valence-electron chi connectivity index (χ4n) is 1.60. The molecule has 0 spiro atoms. The van der Waals surface area contributed by atoms with Crippen molar-refractivity contribution < 1.29 is 14.3 Å². The number of rotatable bonds is 7. The van der Waals surface area contributed by atoms with Crippen molar-refractivity contribution in [2.24, 2.45) is 0 Å². The van der Waals surface area contributed by atoms with E-state index >= 15 is 0 Å². The highest BCUT2D eigenvalue weighted by Crippen LogP contribution is 2.13. The predicted octanol–water partition coefficient (Wildman–Crippen LogP) is 3.70. The van der Waals surface area contributed by atoms with E-state index in [0.717, 1.165) is 19.3 Å². The zero-order valence-corrected chi connectivity index (χ0v) is 11.6. The monoisotopic (exact) mass is 270 g/mol. The molecule has 18 heavy (non-hydrogen) atoms. The molecule has 0 radical (unpaired) electrons. The molecule has 0 N–H and O–H groups in total. The Bertz CT molecular complexity index is 362. The largest absolute Gasteiger partial charge is 0.456 e. The van der Waals surface area contributed by atoms with Crippen molar-refractivity contribution >= 4 is 17.6 Å². The number of benzene rings is 1. The second kappa shape index (κ2) is 8.11. The topological polar surface area (TPSA) is 35.5 Å². The molecule has 4 heteroatoms. The Morgan fingerprint density at radius 2 is 2.00 bits per heavy atom. The van der Waals surface area contributed by atoms with Gasteiger partial charge in [0.15, 0.2) is 0 Å². The van der Waals surface area contributed by atoms with Crippen LogP contribution < -0.4 is 0 Å². The summed E-state index contributed by atoms with van der Waals surface area (Å²) in [6.07, 6.45) is 2.72. The normalized spacial score (nSPS) is 12.2. The quantitative estimate of drug-likeness (QED) is 0.709. The zero-order valence-electron chi connectivity index (χ0n) is 10.8. The highest BCUT2D eigenvalue weighted by molar-refractivity contribution is 6.30. The lowest BCUT2D eigenvalue weighted by atomic mass is 10.1. The highest BCUT2D eigenvalue weighted by atomic mass is 35.5. The summed E-state index contributed by atoms with van der Waals surface area (Å²) >= 11 is 5.77. The Kier molecular flexibility index (Phi) is 6.76. The summed E-state index contributed by atoms with van der Waals surface area (Å²) in [5.74, 6) is -0.329. The molecule has 0 aromatic heterocycles. The molecule has 1 atom stereocenters. The predicted molar refractivity (Wildman–Crippen MR) is 72.1 cm³/mol. The Hall–Kier alpha value is -1.06. The van der Waals surface area contributed by atoms with Gasteiger partial charge in [0.2, 0.25) is 0 Å². The van der Waals surface area contributed by atoms with Crippen LogP contribution in [0.4, 0.5) is 0 Å². The zero-order chi connectivity index (χ0) is 13.4. The first-order chi connectivity index (χ1) is 8.67. The van der Waals surface area contributed by atoms with Gasteiger partial charge in [-0.1, -0.05) is 24.9 Å². The molecule has 0 saturated heterocycles. The van der Waals surface area contributed by atoms with Crippen LogP contribution in [0.25, 0.3) is 0 Å². The van der Waals surface area contributed by atoms with E-state index in [1.54, 1.807) is 31.4 Å². The molecule has 0 aliphatic heterocycles. The molecule has 100 valence electrons. The van der Waals surface area contributed by atoms with E-state index in [-0.39, 0.29) is 12.1 Å². The molecule has 0 aliphatic carbocycles. The van der Waals surface area contributed by atoms with Crippen LogP contribution in [0.15, 0.2) is 24.3 Å². The molecule has 0 bridgehead atoms. The molecule has 3 nitrogen and oxygen atoms in total. The Balaban J connectivity index is 2.56. The van der Waals surface area contributed by atoms with Crippen molar-refractivity contribution in [3.63, 3.8) is 0 Å². The molecule has 0 heterocycles. The van der Waals surface area contributed by atoms with Gasteiger partial charge in [0.05, 0.1) is 12.2 Å². The highest BCUT2D eigenvalue weighted by Gasteiger charge is 2.15. The number of carbonyl (C=O) groups is 1. The molecule has 1 rings (SSSR count). The number of halogens is 1. The van der Waals surface area contributed by atoms with E-state index in [9.17, 15) is 4.79 Å². The molecule has 0 fully saturated rings. The summed E-state index contributed by atoms with van der Waals surface area (Å²) in [4.78, 5) is 11.9. The first-order valence-electron chi connectivity index (χ1n) is 6.12. The lowest BCUT2D eigenvalue weighted by Crippen LogP contribution is -2.23. The average Bonchev–Trinajstić information content (AvgIpc) is 2.37. The Morgan fingerprint density at radius 1 is 1.33 bits per heavy atom. The van der Waals surface area contributed by atoms with E-state index in [1.807, 2.05) is 0 Å². The molecular weight excluding hydrogens is 252 g/mol. The van der Waals surface area contributed by atoms with Crippen molar-refractivity contribution in [2.75, 3.05) is 13.7 Å². The molecular formula is C14H19ClO3. The van der Waals surface area contributed by atoms with E-state index < -0.39 is 0 Å². The van der Waals surface area contributed by atoms with Crippen LogP contribution in [-0.2, 0) is 9.47 Å².